The number of amides is 1. The molecular formula is C14H26N2O2. The Morgan fingerprint density at radius 3 is 2.89 bits per heavy atom. The second kappa shape index (κ2) is 7.10. The highest BCUT2D eigenvalue weighted by atomic mass is 16.5. The lowest BCUT2D eigenvalue weighted by Gasteiger charge is -2.31. The summed E-state index contributed by atoms with van der Waals surface area (Å²) in [5, 5.41) is 3.48. The first-order chi connectivity index (χ1) is 8.81. The molecule has 0 bridgehead atoms. The monoisotopic (exact) mass is 254 g/mol. The molecule has 0 aromatic carbocycles. The van der Waals surface area contributed by atoms with Crippen molar-refractivity contribution in [1.29, 1.82) is 0 Å². The third kappa shape index (κ3) is 3.69. The Kier molecular flexibility index (Phi) is 5.45. The van der Waals surface area contributed by atoms with Crippen LogP contribution in [0, 0.1) is 5.92 Å². The zero-order chi connectivity index (χ0) is 12.8. The fraction of sp³-hybridized carbons (Fsp3) is 0.929. The van der Waals surface area contributed by atoms with E-state index in [9.17, 15) is 4.79 Å². The Labute approximate surface area is 110 Å². The third-order valence-corrected chi connectivity index (χ3v) is 3.92. The number of nitrogens with zero attached hydrogens (tertiary/aromatic N) is 1. The van der Waals surface area contributed by atoms with Crippen molar-refractivity contribution in [1.82, 2.24) is 10.2 Å². The maximum atomic E-state index is 12.5. The van der Waals surface area contributed by atoms with E-state index in [4.69, 9.17) is 4.74 Å². The number of rotatable bonds is 5. The van der Waals surface area contributed by atoms with Crippen LogP contribution < -0.4 is 5.32 Å². The smallest absolute Gasteiger partial charge is 0.228 e. The molecule has 18 heavy (non-hydrogen) atoms. The second-order valence-corrected chi connectivity index (χ2v) is 5.49. The maximum absolute atomic E-state index is 12.5. The molecule has 0 saturated carbocycles. The van der Waals surface area contributed by atoms with Gasteiger partial charge in [-0.15, -0.1) is 0 Å². The Balaban J connectivity index is 1.87. The average Bonchev–Trinajstić information content (AvgIpc) is 2.91. The van der Waals surface area contributed by atoms with Crippen LogP contribution in [-0.4, -0.2) is 49.7 Å². The minimum atomic E-state index is 0.103. The molecule has 0 aromatic heterocycles. The predicted molar refractivity (Wildman–Crippen MR) is 71.4 cm³/mol. The van der Waals surface area contributed by atoms with E-state index in [1.165, 1.54) is 12.8 Å². The van der Waals surface area contributed by atoms with Gasteiger partial charge in [-0.1, -0.05) is 6.92 Å². The van der Waals surface area contributed by atoms with Crippen molar-refractivity contribution in [3.8, 4) is 0 Å². The molecule has 0 spiro atoms. The summed E-state index contributed by atoms with van der Waals surface area (Å²) in [6.07, 6.45) is 5.50. The lowest BCUT2D eigenvalue weighted by Crippen LogP contribution is -2.45. The van der Waals surface area contributed by atoms with Gasteiger partial charge < -0.3 is 15.0 Å². The normalized spacial score (nSPS) is 28.3. The van der Waals surface area contributed by atoms with Gasteiger partial charge in [-0.3, -0.25) is 4.79 Å². The molecule has 2 atom stereocenters. The van der Waals surface area contributed by atoms with Crippen LogP contribution in [0.25, 0.3) is 0 Å². The Morgan fingerprint density at radius 2 is 2.28 bits per heavy atom. The summed E-state index contributed by atoms with van der Waals surface area (Å²) in [6, 6.07) is 0.505. The number of hydrogen-bond acceptors (Lipinski definition) is 3. The summed E-state index contributed by atoms with van der Waals surface area (Å²) in [4.78, 5) is 14.6. The first-order valence-corrected chi connectivity index (χ1v) is 7.41. The van der Waals surface area contributed by atoms with Crippen LogP contribution in [-0.2, 0) is 9.53 Å². The van der Waals surface area contributed by atoms with Crippen LogP contribution in [0.2, 0.25) is 0 Å². The summed E-state index contributed by atoms with van der Waals surface area (Å²) in [5.41, 5.74) is 0. The van der Waals surface area contributed by atoms with Crippen molar-refractivity contribution in [3.05, 3.63) is 0 Å². The van der Waals surface area contributed by atoms with Crippen LogP contribution in [0.3, 0.4) is 0 Å². The summed E-state index contributed by atoms with van der Waals surface area (Å²) >= 11 is 0. The van der Waals surface area contributed by atoms with Crippen LogP contribution in [0.5, 0.6) is 0 Å². The predicted octanol–water partition coefficient (Wildman–Crippen LogP) is 1.40. The van der Waals surface area contributed by atoms with E-state index in [2.05, 4.69) is 17.1 Å². The SMILES string of the molecule is CCCN(CC1CCCN1)C(=O)C1CCCOC1. The molecule has 0 radical (unpaired) electrons. The number of hydrogen-bond donors (Lipinski definition) is 1. The van der Waals surface area contributed by atoms with E-state index in [1.54, 1.807) is 0 Å². The highest BCUT2D eigenvalue weighted by molar-refractivity contribution is 5.79. The topological polar surface area (TPSA) is 41.6 Å². The quantitative estimate of drug-likeness (QED) is 0.806. The van der Waals surface area contributed by atoms with Crippen molar-refractivity contribution in [3.63, 3.8) is 0 Å². The number of carbonyl (C=O) groups is 1. The lowest BCUT2D eigenvalue weighted by atomic mass is 10.00. The highest BCUT2D eigenvalue weighted by Gasteiger charge is 2.28. The summed E-state index contributed by atoms with van der Waals surface area (Å²) in [6.45, 7) is 6.45. The van der Waals surface area contributed by atoms with Gasteiger partial charge >= 0.3 is 0 Å². The Bertz CT molecular complexity index is 259. The van der Waals surface area contributed by atoms with Gasteiger partial charge in [0.1, 0.15) is 0 Å². The molecule has 2 aliphatic heterocycles. The van der Waals surface area contributed by atoms with Gasteiger partial charge in [-0.25, -0.2) is 0 Å². The minimum absolute atomic E-state index is 0.103. The second-order valence-electron chi connectivity index (χ2n) is 5.49. The fourth-order valence-electron chi connectivity index (χ4n) is 2.93. The van der Waals surface area contributed by atoms with Crippen LogP contribution >= 0.6 is 0 Å². The standard InChI is InChI=1S/C14H26N2O2/c1-2-8-16(10-13-6-3-7-15-13)14(17)12-5-4-9-18-11-12/h12-13,15H,2-11H2,1H3. The molecule has 1 N–H and O–H groups in total. The molecule has 104 valence electrons. The van der Waals surface area contributed by atoms with Crippen molar-refractivity contribution in [2.75, 3.05) is 32.8 Å². The molecule has 0 aromatic rings. The van der Waals surface area contributed by atoms with Crippen LogP contribution in [0.1, 0.15) is 39.0 Å². The van der Waals surface area contributed by atoms with Crippen molar-refractivity contribution in [2.45, 2.75) is 45.1 Å². The van der Waals surface area contributed by atoms with Crippen molar-refractivity contribution in [2.24, 2.45) is 5.92 Å². The van der Waals surface area contributed by atoms with Gasteiger partial charge in [0.25, 0.3) is 0 Å². The van der Waals surface area contributed by atoms with Gasteiger partial charge in [-0.05, 0) is 38.6 Å². The number of carbonyl (C=O) groups excluding carboxylic acids is 1. The van der Waals surface area contributed by atoms with Gasteiger partial charge in [-0.2, -0.15) is 0 Å². The molecule has 2 saturated heterocycles. The van der Waals surface area contributed by atoms with E-state index in [0.717, 1.165) is 45.5 Å². The molecule has 4 nitrogen and oxygen atoms in total. The van der Waals surface area contributed by atoms with Crippen molar-refractivity contribution >= 4 is 5.91 Å². The van der Waals surface area contributed by atoms with E-state index in [1.807, 2.05) is 0 Å². The van der Waals surface area contributed by atoms with Gasteiger partial charge in [0.05, 0.1) is 12.5 Å². The van der Waals surface area contributed by atoms with Gasteiger partial charge in [0.2, 0.25) is 5.91 Å². The summed E-state index contributed by atoms with van der Waals surface area (Å²) < 4.78 is 5.44. The molecule has 2 heterocycles. The number of ether oxygens (including phenoxy) is 1. The van der Waals surface area contributed by atoms with E-state index in [0.29, 0.717) is 18.6 Å². The zero-order valence-corrected chi connectivity index (χ0v) is 11.5. The molecule has 1 amide bonds. The zero-order valence-electron chi connectivity index (χ0n) is 11.5. The van der Waals surface area contributed by atoms with Gasteiger partial charge in [0.15, 0.2) is 0 Å². The lowest BCUT2D eigenvalue weighted by molar-refractivity contribution is -0.140. The first kappa shape index (κ1) is 13.8. The Hall–Kier alpha value is -0.610. The highest BCUT2D eigenvalue weighted by Crippen LogP contribution is 2.18. The summed E-state index contributed by atoms with van der Waals surface area (Å²) in [7, 11) is 0. The molecule has 0 aliphatic carbocycles. The van der Waals surface area contributed by atoms with Crippen molar-refractivity contribution < 1.29 is 9.53 Å². The van der Waals surface area contributed by atoms with Gasteiger partial charge in [0, 0.05) is 25.7 Å². The Morgan fingerprint density at radius 1 is 1.39 bits per heavy atom. The van der Waals surface area contributed by atoms with Crippen LogP contribution in [0.15, 0.2) is 0 Å². The molecule has 4 heteroatoms. The van der Waals surface area contributed by atoms with E-state index >= 15 is 0 Å². The first-order valence-electron chi connectivity index (χ1n) is 7.41. The van der Waals surface area contributed by atoms with E-state index < -0.39 is 0 Å². The number of nitrogens with one attached hydrogen (secondary N) is 1. The molecule has 2 rings (SSSR count). The fourth-order valence-corrected chi connectivity index (χ4v) is 2.93. The molecule has 2 unspecified atom stereocenters. The largest absolute Gasteiger partial charge is 0.381 e. The van der Waals surface area contributed by atoms with Crippen LogP contribution in [0.4, 0.5) is 0 Å². The van der Waals surface area contributed by atoms with E-state index in [-0.39, 0.29) is 5.92 Å². The maximum Gasteiger partial charge on any atom is 0.228 e. The average molecular weight is 254 g/mol. The molecule has 2 aliphatic rings. The molecule has 2 fully saturated rings. The third-order valence-electron chi connectivity index (χ3n) is 3.92. The summed E-state index contributed by atoms with van der Waals surface area (Å²) in [5.74, 6) is 0.414. The molecular weight excluding hydrogens is 228 g/mol. The minimum Gasteiger partial charge on any atom is -0.381 e.